The maximum Gasteiger partial charge on any atom is 0.227 e. The Bertz CT molecular complexity index is 1700. The summed E-state index contributed by atoms with van der Waals surface area (Å²) in [7, 11) is 6.00. The molecule has 9 heteroatoms. The minimum atomic E-state index is -0.231. The number of aryl methyl sites for hydroxylation is 2. The Morgan fingerprint density at radius 1 is 0.875 bits per heavy atom. The van der Waals surface area contributed by atoms with Crippen LogP contribution < -0.4 is 10.6 Å². The van der Waals surface area contributed by atoms with Crippen LogP contribution in [-0.2, 0) is 40.1 Å². The van der Waals surface area contributed by atoms with Crippen LogP contribution in [0.15, 0.2) is 72.9 Å². The van der Waals surface area contributed by atoms with Gasteiger partial charge in [0.25, 0.3) is 0 Å². The van der Waals surface area contributed by atoms with Crippen LogP contribution >= 0.6 is 11.6 Å². The number of para-hydroxylation sites is 1. The van der Waals surface area contributed by atoms with Gasteiger partial charge in [-0.25, -0.2) is 0 Å². The van der Waals surface area contributed by atoms with E-state index in [0.29, 0.717) is 32.4 Å². The molecule has 3 heterocycles. The summed E-state index contributed by atoms with van der Waals surface area (Å²) in [6.07, 6.45) is 8.39. The maximum absolute atomic E-state index is 12.8. The fraction of sp³-hybridized carbons (Fsp3) is 0.410. The minimum absolute atomic E-state index is 0.0557. The lowest BCUT2D eigenvalue weighted by molar-refractivity contribution is -0.138. The number of primary amides is 1. The van der Waals surface area contributed by atoms with E-state index in [4.69, 9.17) is 17.3 Å². The van der Waals surface area contributed by atoms with Gasteiger partial charge in [0.05, 0.1) is 0 Å². The van der Waals surface area contributed by atoms with Crippen LogP contribution in [0.2, 0.25) is 5.02 Å². The third-order valence-corrected chi connectivity index (χ3v) is 9.59. The first-order valence-corrected chi connectivity index (χ1v) is 17.4. The summed E-state index contributed by atoms with van der Waals surface area (Å²) in [6.45, 7) is 2.12. The number of aromatic amines is 1. The van der Waals surface area contributed by atoms with Crippen LogP contribution in [0.5, 0.6) is 0 Å². The predicted octanol–water partition coefficient (Wildman–Crippen LogP) is 6.04. The zero-order valence-electron chi connectivity index (χ0n) is 28.4. The number of piperidine rings is 1. The van der Waals surface area contributed by atoms with E-state index in [-0.39, 0.29) is 29.6 Å². The molecular weight excluding hydrogens is 622 g/mol. The Morgan fingerprint density at radius 3 is 2.19 bits per heavy atom. The van der Waals surface area contributed by atoms with Crippen molar-refractivity contribution in [2.24, 2.45) is 17.6 Å². The number of nitrogens with one attached hydrogen (secondary N) is 1. The van der Waals surface area contributed by atoms with Gasteiger partial charge < -0.3 is 25.4 Å². The summed E-state index contributed by atoms with van der Waals surface area (Å²) < 4.78 is 0. The van der Waals surface area contributed by atoms with Crippen molar-refractivity contribution >= 4 is 45.9 Å². The molecule has 3 amide bonds. The largest absolute Gasteiger partial charge is 0.369 e. The van der Waals surface area contributed by atoms with E-state index in [0.717, 1.165) is 54.9 Å². The zero-order valence-corrected chi connectivity index (χ0v) is 29.1. The van der Waals surface area contributed by atoms with Gasteiger partial charge in [0, 0.05) is 65.7 Å². The molecule has 0 saturated carbocycles. The molecule has 8 nitrogen and oxygen atoms in total. The average molecular weight is 670 g/mol. The van der Waals surface area contributed by atoms with Gasteiger partial charge in [-0.1, -0.05) is 54.1 Å². The molecule has 3 aromatic carbocycles. The normalized spacial score (nSPS) is 16.0. The quantitative estimate of drug-likeness (QED) is 0.271. The lowest BCUT2D eigenvalue weighted by Gasteiger charge is -2.32. The molecule has 7 rings (SSSR count). The molecule has 4 aromatic rings. The van der Waals surface area contributed by atoms with E-state index < -0.39 is 0 Å². The van der Waals surface area contributed by atoms with Crippen molar-refractivity contribution in [3.8, 4) is 0 Å². The SMILES string of the molecule is CN(C)C.NC(=O)C1CCN(C(=O)C2Cc3ccccc3C2)CC1.O=C(CCc1c[nH]c2ccccc12)N1CCCc2cc(Cl)ccc21. The number of H-pyrrole nitrogens is 1. The highest BCUT2D eigenvalue weighted by atomic mass is 35.5. The van der Waals surface area contributed by atoms with E-state index in [9.17, 15) is 14.4 Å². The Hall–Kier alpha value is -4.14. The third-order valence-electron chi connectivity index (χ3n) is 9.35. The molecule has 3 aliphatic rings. The van der Waals surface area contributed by atoms with Crippen LogP contribution in [0.25, 0.3) is 10.9 Å². The number of aromatic nitrogens is 1. The second kappa shape index (κ2) is 16.3. The van der Waals surface area contributed by atoms with E-state index in [1.165, 1.54) is 27.6 Å². The Balaban J connectivity index is 0.000000172. The minimum Gasteiger partial charge on any atom is -0.369 e. The molecular formula is C39H48ClN5O3. The number of nitrogens with two attached hydrogens (primary N) is 1. The Kier molecular flexibility index (Phi) is 12.0. The van der Waals surface area contributed by atoms with Crippen molar-refractivity contribution in [2.75, 3.05) is 45.7 Å². The van der Waals surface area contributed by atoms with Crippen molar-refractivity contribution in [2.45, 2.75) is 51.4 Å². The first-order chi connectivity index (χ1) is 23.1. The summed E-state index contributed by atoms with van der Waals surface area (Å²) >= 11 is 6.08. The molecule has 1 aliphatic carbocycles. The smallest absolute Gasteiger partial charge is 0.227 e. The molecule has 1 saturated heterocycles. The Labute approximate surface area is 289 Å². The fourth-order valence-electron chi connectivity index (χ4n) is 6.92. The van der Waals surface area contributed by atoms with Crippen LogP contribution in [-0.4, -0.2) is 73.3 Å². The molecule has 0 spiro atoms. The molecule has 48 heavy (non-hydrogen) atoms. The van der Waals surface area contributed by atoms with Crippen LogP contribution in [0.1, 0.15) is 47.9 Å². The molecule has 0 atom stereocenters. The number of anilines is 1. The molecule has 2 aliphatic heterocycles. The molecule has 0 unspecified atom stereocenters. The lowest BCUT2D eigenvalue weighted by Crippen LogP contribution is -2.44. The summed E-state index contributed by atoms with van der Waals surface area (Å²) in [5.74, 6) is 0.218. The van der Waals surface area contributed by atoms with Gasteiger partial charge in [-0.3, -0.25) is 14.4 Å². The average Bonchev–Trinajstić information content (AvgIpc) is 3.71. The number of hydrogen-bond donors (Lipinski definition) is 2. The molecule has 1 aromatic heterocycles. The number of benzene rings is 3. The van der Waals surface area contributed by atoms with E-state index >= 15 is 0 Å². The monoisotopic (exact) mass is 669 g/mol. The standard InChI is InChI=1S/C20H19ClN2O.C16H20N2O2.C3H9N/c21-16-8-9-19-14(12-16)4-3-11-23(19)20(24)10-7-15-13-22-18-6-2-1-5-17(15)18;17-15(19)11-5-7-18(8-6-11)16(20)14-9-12-3-1-2-4-13(12)10-14;1-4(2)3/h1-2,5-6,8-9,12-13,22H,3-4,7,10-11H2;1-4,11,14H,5-10H2,(H2,17,19);1-3H3. The maximum atomic E-state index is 12.8. The lowest BCUT2D eigenvalue weighted by atomic mass is 9.94. The van der Waals surface area contributed by atoms with Crippen molar-refractivity contribution in [3.05, 3.63) is 100 Å². The fourth-order valence-corrected chi connectivity index (χ4v) is 7.11. The second-order valence-electron chi connectivity index (χ2n) is 13.5. The van der Waals surface area contributed by atoms with Gasteiger partial charge in [-0.15, -0.1) is 0 Å². The van der Waals surface area contributed by atoms with Crippen LogP contribution in [0.4, 0.5) is 5.69 Å². The van der Waals surface area contributed by atoms with Gasteiger partial charge in [-0.2, -0.15) is 0 Å². The van der Waals surface area contributed by atoms with Crippen molar-refractivity contribution in [3.63, 3.8) is 0 Å². The first-order valence-electron chi connectivity index (χ1n) is 17.0. The van der Waals surface area contributed by atoms with Crippen LogP contribution in [0, 0.1) is 11.8 Å². The first kappa shape index (κ1) is 35.2. The number of fused-ring (bicyclic) bond motifs is 3. The number of hydrogen-bond acceptors (Lipinski definition) is 4. The number of carbonyl (C=O) groups excluding carboxylic acids is 3. The number of rotatable bonds is 5. The van der Waals surface area contributed by atoms with E-state index in [1.807, 2.05) is 84.5 Å². The molecule has 254 valence electrons. The molecule has 0 radical (unpaired) electrons. The highest BCUT2D eigenvalue weighted by Gasteiger charge is 2.33. The van der Waals surface area contributed by atoms with Gasteiger partial charge >= 0.3 is 0 Å². The van der Waals surface area contributed by atoms with E-state index in [2.05, 4.69) is 29.2 Å². The summed E-state index contributed by atoms with van der Waals surface area (Å²) in [4.78, 5) is 45.6. The number of amides is 3. The predicted molar refractivity (Wildman–Crippen MR) is 194 cm³/mol. The van der Waals surface area contributed by atoms with E-state index in [1.54, 1.807) is 0 Å². The van der Waals surface area contributed by atoms with Crippen LogP contribution in [0.3, 0.4) is 0 Å². The highest BCUT2D eigenvalue weighted by Crippen LogP contribution is 2.31. The Morgan fingerprint density at radius 2 is 1.52 bits per heavy atom. The number of likely N-dealkylation sites (tertiary alicyclic amines) is 1. The molecule has 3 N–H and O–H groups in total. The number of nitrogens with zero attached hydrogens (tertiary/aromatic N) is 3. The molecule has 0 bridgehead atoms. The number of carbonyl (C=O) groups is 3. The highest BCUT2D eigenvalue weighted by molar-refractivity contribution is 6.30. The van der Waals surface area contributed by atoms with Crippen molar-refractivity contribution in [1.82, 2.24) is 14.8 Å². The third kappa shape index (κ3) is 8.85. The van der Waals surface area contributed by atoms with Gasteiger partial charge in [0.15, 0.2) is 0 Å². The topological polar surface area (TPSA) is 103 Å². The summed E-state index contributed by atoms with van der Waals surface area (Å²) in [6, 6.07) is 22.3. The van der Waals surface area contributed by atoms with Crippen molar-refractivity contribution < 1.29 is 14.4 Å². The summed E-state index contributed by atoms with van der Waals surface area (Å²) in [5.41, 5.74) is 12.5. The van der Waals surface area contributed by atoms with Gasteiger partial charge in [0.2, 0.25) is 17.7 Å². The number of halogens is 1. The zero-order chi connectivity index (χ0) is 34.2. The second-order valence-corrected chi connectivity index (χ2v) is 13.9. The van der Waals surface area contributed by atoms with Gasteiger partial charge in [-0.05, 0) is 113 Å². The summed E-state index contributed by atoms with van der Waals surface area (Å²) in [5, 5.41) is 1.94. The van der Waals surface area contributed by atoms with Crippen molar-refractivity contribution in [1.29, 1.82) is 0 Å². The molecule has 1 fully saturated rings. The van der Waals surface area contributed by atoms with Gasteiger partial charge in [0.1, 0.15) is 0 Å².